The van der Waals surface area contributed by atoms with Crippen molar-refractivity contribution in [2.45, 2.75) is 31.7 Å². The van der Waals surface area contributed by atoms with E-state index in [1.807, 2.05) is 6.07 Å². The molecule has 6 nitrogen and oxygen atoms in total. The number of hydrogen-bond acceptors (Lipinski definition) is 6. The van der Waals surface area contributed by atoms with Gasteiger partial charge in [0.25, 0.3) is 0 Å². The molecule has 2 aliphatic rings. The normalized spacial score (nSPS) is 18.0. The van der Waals surface area contributed by atoms with Crippen LogP contribution in [0.1, 0.15) is 44.6 Å². The second-order valence-electron chi connectivity index (χ2n) is 7.69. The number of likely N-dealkylation sites (tertiary alicyclic amines) is 1. The summed E-state index contributed by atoms with van der Waals surface area (Å²) in [5.74, 6) is 0.0419. The minimum absolute atomic E-state index is 0.0134. The van der Waals surface area contributed by atoms with Crippen molar-refractivity contribution in [3.05, 3.63) is 51.1 Å². The van der Waals surface area contributed by atoms with Crippen molar-refractivity contribution in [1.29, 1.82) is 0 Å². The summed E-state index contributed by atoms with van der Waals surface area (Å²) in [7, 11) is 0. The quantitative estimate of drug-likeness (QED) is 0.665. The van der Waals surface area contributed by atoms with E-state index in [1.165, 1.54) is 23.5 Å². The van der Waals surface area contributed by atoms with Crippen LogP contribution in [-0.4, -0.2) is 41.4 Å². The number of piperidine rings is 1. The number of carbonyl (C=O) groups excluding carboxylic acids is 2. The van der Waals surface area contributed by atoms with Crippen LogP contribution < -0.4 is 5.32 Å². The average Bonchev–Trinajstić information content (AvgIpc) is 3.32. The van der Waals surface area contributed by atoms with E-state index in [0.717, 1.165) is 52.3 Å². The third-order valence-corrected chi connectivity index (χ3v) is 6.99. The Morgan fingerprint density at radius 3 is 2.97 bits per heavy atom. The number of fused-ring (bicyclic) bond motifs is 2. The number of amides is 1. The lowest BCUT2D eigenvalue weighted by Crippen LogP contribution is -2.36. The molecule has 0 atom stereocenters. The molecule has 2 aromatic heterocycles. The Kier molecular flexibility index (Phi) is 4.67. The van der Waals surface area contributed by atoms with Gasteiger partial charge in [-0.3, -0.25) is 14.5 Å². The molecule has 29 heavy (non-hydrogen) atoms. The Bertz CT molecular complexity index is 1100. The van der Waals surface area contributed by atoms with Crippen LogP contribution in [-0.2, 0) is 17.8 Å². The van der Waals surface area contributed by atoms with Crippen LogP contribution >= 0.6 is 11.3 Å². The molecule has 0 radical (unpaired) electrons. The summed E-state index contributed by atoms with van der Waals surface area (Å²) in [5, 5.41) is 7.87. The molecule has 8 heteroatoms. The van der Waals surface area contributed by atoms with Gasteiger partial charge in [0.05, 0.1) is 30.1 Å². The van der Waals surface area contributed by atoms with Crippen LogP contribution in [0.25, 0.3) is 11.0 Å². The maximum Gasteiger partial charge on any atom is 0.224 e. The number of benzene rings is 1. The predicted octanol–water partition coefficient (Wildman–Crippen LogP) is 3.26. The first-order valence-corrected chi connectivity index (χ1v) is 10.6. The highest BCUT2D eigenvalue weighted by molar-refractivity contribution is 7.14. The molecule has 0 spiro atoms. The van der Waals surface area contributed by atoms with E-state index in [4.69, 9.17) is 4.52 Å². The van der Waals surface area contributed by atoms with Gasteiger partial charge < -0.3 is 9.84 Å². The Balaban J connectivity index is 1.22. The van der Waals surface area contributed by atoms with Gasteiger partial charge in [0.1, 0.15) is 5.82 Å². The number of rotatable bonds is 4. The van der Waals surface area contributed by atoms with Crippen molar-refractivity contribution in [3.63, 3.8) is 0 Å². The Labute approximate surface area is 170 Å². The number of nitrogens with one attached hydrogen (secondary N) is 1. The fourth-order valence-electron chi connectivity index (χ4n) is 4.19. The van der Waals surface area contributed by atoms with Gasteiger partial charge >= 0.3 is 0 Å². The Morgan fingerprint density at radius 1 is 1.31 bits per heavy atom. The summed E-state index contributed by atoms with van der Waals surface area (Å²) in [6.07, 6.45) is 2.12. The lowest BCUT2D eigenvalue weighted by molar-refractivity contribution is -0.121. The molecule has 0 bridgehead atoms. The summed E-state index contributed by atoms with van der Waals surface area (Å²) in [4.78, 5) is 28.2. The van der Waals surface area contributed by atoms with Crippen LogP contribution in [0.3, 0.4) is 0 Å². The SMILES string of the molecule is O=C1Cc2cc(C(=O)CN3CCC(c4noc5cc(F)ccc45)CC3)sc2CN1. The molecule has 1 saturated heterocycles. The van der Waals surface area contributed by atoms with Gasteiger partial charge in [0.15, 0.2) is 11.4 Å². The third-order valence-electron chi connectivity index (χ3n) is 5.77. The number of hydrogen-bond donors (Lipinski definition) is 1. The van der Waals surface area contributed by atoms with E-state index in [9.17, 15) is 14.0 Å². The molecule has 1 aromatic carbocycles. The van der Waals surface area contributed by atoms with Crippen LogP contribution in [0.2, 0.25) is 0 Å². The number of ketones is 1. The van der Waals surface area contributed by atoms with E-state index < -0.39 is 0 Å². The van der Waals surface area contributed by atoms with Crippen molar-refractivity contribution < 1.29 is 18.5 Å². The number of halogens is 1. The molecule has 150 valence electrons. The van der Waals surface area contributed by atoms with Gasteiger partial charge in [0, 0.05) is 22.2 Å². The molecule has 3 aromatic rings. The van der Waals surface area contributed by atoms with Gasteiger partial charge in [0.2, 0.25) is 5.91 Å². The second-order valence-corrected chi connectivity index (χ2v) is 8.83. The fraction of sp³-hybridized carbons (Fsp3) is 0.381. The third kappa shape index (κ3) is 3.58. The predicted molar refractivity (Wildman–Crippen MR) is 107 cm³/mol. The van der Waals surface area contributed by atoms with Gasteiger partial charge in [-0.1, -0.05) is 5.16 Å². The zero-order chi connectivity index (χ0) is 20.0. The van der Waals surface area contributed by atoms with Crippen molar-refractivity contribution in [2.75, 3.05) is 19.6 Å². The average molecular weight is 413 g/mol. The smallest absolute Gasteiger partial charge is 0.224 e. The molecule has 5 rings (SSSR count). The molecule has 1 N–H and O–H groups in total. The van der Waals surface area contributed by atoms with E-state index >= 15 is 0 Å². The number of Topliss-reactive ketones (excluding diaryl/α,β-unsaturated/α-hetero) is 1. The summed E-state index contributed by atoms with van der Waals surface area (Å²) < 4.78 is 18.6. The van der Waals surface area contributed by atoms with Crippen molar-refractivity contribution >= 4 is 34.0 Å². The zero-order valence-electron chi connectivity index (χ0n) is 15.7. The van der Waals surface area contributed by atoms with E-state index in [0.29, 0.717) is 25.1 Å². The maximum atomic E-state index is 13.3. The summed E-state index contributed by atoms with van der Waals surface area (Å²) >= 11 is 1.49. The van der Waals surface area contributed by atoms with Crippen LogP contribution in [0.5, 0.6) is 0 Å². The summed E-state index contributed by atoms with van der Waals surface area (Å²) in [6, 6.07) is 6.41. The Hall–Kier alpha value is -2.58. The molecule has 0 aliphatic carbocycles. The topological polar surface area (TPSA) is 75.4 Å². The number of aromatic nitrogens is 1. The molecular weight excluding hydrogens is 393 g/mol. The number of nitrogens with zero attached hydrogens (tertiary/aromatic N) is 2. The van der Waals surface area contributed by atoms with Crippen molar-refractivity contribution in [1.82, 2.24) is 15.4 Å². The summed E-state index contributed by atoms with van der Waals surface area (Å²) in [6.45, 7) is 2.51. The second kappa shape index (κ2) is 7.35. The molecule has 1 fully saturated rings. The minimum atomic E-state index is -0.330. The molecule has 4 heterocycles. The highest BCUT2D eigenvalue weighted by atomic mass is 32.1. The molecule has 0 unspecified atom stereocenters. The highest BCUT2D eigenvalue weighted by Crippen LogP contribution is 2.33. The monoisotopic (exact) mass is 413 g/mol. The molecule has 2 aliphatic heterocycles. The fourth-order valence-corrected chi connectivity index (χ4v) is 5.24. The van der Waals surface area contributed by atoms with E-state index in [-0.39, 0.29) is 23.4 Å². The van der Waals surface area contributed by atoms with E-state index in [2.05, 4.69) is 15.4 Å². The van der Waals surface area contributed by atoms with Crippen molar-refractivity contribution in [2.24, 2.45) is 0 Å². The lowest BCUT2D eigenvalue weighted by atomic mass is 9.91. The van der Waals surface area contributed by atoms with Gasteiger partial charge in [-0.15, -0.1) is 11.3 Å². The molecular formula is C21H20FN3O3S. The van der Waals surface area contributed by atoms with Gasteiger partial charge in [-0.2, -0.15) is 0 Å². The first-order valence-electron chi connectivity index (χ1n) is 9.75. The van der Waals surface area contributed by atoms with Gasteiger partial charge in [-0.05, 0) is 49.7 Å². The lowest BCUT2D eigenvalue weighted by Gasteiger charge is -2.30. The first kappa shape index (κ1) is 18.4. The zero-order valence-corrected chi connectivity index (χ0v) is 16.6. The van der Waals surface area contributed by atoms with Crippen LogP contribution in [0.4, 0.5) is 4.39 Å². The Morgan fingerprint density at radius 2 is 2.14 bits per heavy atom. The maximum absolute atomic E-state index is 13.3. The van der Waals surface area contributed by atoms with Gasteiger partial charge in [-0.25, -0.2) is 4.39 Å². The highest BCUT2D eigenvalue weighted by Gasteiger charge is 2.27. The number of thiophene rings is 1. The molecule has 1 amide bonds. The summed E-state index contributed by atoms with van der Waals surface area (Å²) in [5.41, 5.74) is 2.34. The largest absolute Gasteiger partial charge is 0.356 e. The van der Waals surface area contributed by atoms with Crippen molar-refractivity contribution in [3.8, 4) is 0 Å². The first-order chi connectivity index (χ1) is 14.1. The number of carbonyl (C=O) groups is 2. The minimum Gasteiger partial charge on any atom is -0.356 e. The van der Waals surface area contributed by atoms with Crippen LogP contribution in [0.15, 0.2) is 28.8 Å². The van der Waals surface area contributed by atoms with E-state index in [1.54, 1.807) is 6.07 Å². The standard InChI is InChI=1S/C21H20FN3O3S/c22-14-1-2-15-17(9-14)28-24-21(15)12-3-5-25(6-4-12)11-16(26)18-7-13-8-20(27)23-10-19(13)29-18/h1-2,7,9,12H,3-6,8,10-11H2,(H,23,27). The van der Waals surface area contributed by atoms with Crippen LogP contribution in [0, 0.1) is 5.82 Å². The molecule has 0 saturated carbocycles.